The Morgan fingerprint density at radius 2 is 1.88 bits per heavy atom. The first-order chi connectivity index (χ1) is 11.8. The summed E-state index contributed by atoms with van der Waals surface area (Å²) in [4.78, 5) is 3.12. The molecule has 1 unspecified atom stereocenters. The fourth-order valence-corrected chi connectivity index (χ4v) is 3.59. The zero-order valence-electron chi connectivity index (χ0n) is 12.2. The van der Waals surface area contributed by atoms with Crippen molar-refractivity contribution in [2.75, 3.05) is 4.72 Å². The summed E-state index contributed by atoms with van der Waals surface area (Å²) in [5.74, 6) is -3.00. The maximum atomic E-state index is 13.8. The minimum absolute atomic E-state index is 0.0305. The molecule has 0 radical (unpaired) electrons. The zero-order valence-corrected chi connectivity index (χ0v) is 13.8. The van der Waals surface area contributed by atoms with Crippen LogP contribution in [-0.2, 0) is 17.2 Å². The van der Waals surface area contributed by atoms with Crippen molar-refractivity contribution in [2.24, 2.45) is 0 Å². The van der Waals surface area contributed by atoms with Crippen LogP contribution in [0.3, 0.4) is 0 Å². The second-order valence-corrected chi connectivity index (χ2v) is 6.93. The lowest BCUT2D eigenvalue weighted by molar-refractivity contribution is -0.140. The average Bonchev–Trinajstić information content (AvgIpc) is 3.19. The lowest BCUT2D eigenvalue weighted by atomic mass is 10.2. The van der Waals surface area contributed by atoms with Crippen LogP contribution >= 0.6 is 11.3 Å². The highest BCUT2D eigenvalue weighted by atomic mass is 32.2. The second-order valence-electron chi connectivity index (χ2n) is 4.94. The third-order valence-electron chi connectivity index (χ3n) is 3.27. The Balaban J connectivity index is 1.83. The van der Waals surface area contributed by atoms with Gasteiger partial charge in [-0.15, -0.1) is 0 Å². The molecule has 0 fully saturated rings. The Morgan fingerprint density at radius 1 is 1.12 bits per heavy atom. The van der Waals surface area contributed by atoms with E-state index in [0.717, 1.165) is 5.56 Å². The van der Waals surface area contributed by atoms with E-state index in [-0.39, 0.29) is 11.0 Å². The van der Waals surface area contributed by atoms with Crippen molar-refractivity contribution < 1.29 is 26.2 Å². The van der Waals surface area contributed by atoms with Crippen LogP contribution in [0.1, 0.15) is 5.56 Å². The standard InChI is InChI=1S/C15H9F5N2OS2/c16-11-5-14(12(17)4-10(11)15(18,19)20)22-25(23)9-3-13(21-6-9)8-1-2-24-7-8/h1-7,21-22H. The molecule has 0 aliphatic carbocycles. The highest BCUT2D eigenvalue weighted by molar-refractivity contribution is 7.86. The van der Waals surface area contributed by atoms with Gasteiger partial charge in [0.05, 0.1) is 16.1 Å². The number of aromatic nitrogens is 1. The van der Waals surface area contributed by atoms with E-state index in [1.54, 1.807) is 6.07 Å². The Kier molecular flexibility index (Phi) is 4.65. The average molecular weight is 392 g/mol. The summed E-state index contributed by atoms with van der Waals surface area (Å²) in [6.07, 6.45) is -3.60. The Bertz CT molecular complexity index is 919. The molecule has 1 atom stereocenters. The molecule has 3 nitrogen and oxygen atoms in total. The van der Waals surface area contributed by atoms with Crippen molar-refractivity contribution in [1.29, 1.82) is 0 Å². The van der Waals surface area contributed by atoms with E-state index in [0.29, 0.717) is 11.8 Å². The zero-order chi connectivity index (χ0) is 18.2. The number of hydrogen-bond donors (Lipinski definition) is 2. The van der Waals surface area contributed by atoms with Crippen LogP contribution in [0.15, 0.2) is 46.1 Å². The summed E-state index contributed by atoms with van der Waals surface area (Å²) in [6.45, 7) is 0. The Hall–Kier alpha value is -2.20. The van der Waals surface area contributed by atoms with Gasteiger partial charge in [-0.1, -0.05) is 0 Å². The van der Waals surface area contributed by atoms with Crippen molar-refractivity contribution in [2.45, 2.75) is 11.1 Å². The summed E-state index contributed by atoms with van der Waals surface area (Å²) in [5.41, 5.74) is -0.810. The molecule has 0 saturated carbocycles. The van der Waals surface area contributed by atoms with E-state index < -0.39 is 40.0 Å². The number of H-pyrrole nitrogens is 1. The van der Waals surface area contributed by atoms with Gasteiger partial charge in [-0.05, 0) is 23.6 Å². The molecule has 0 saturated heterocycles. The quantitative estimate of drug-likeness (QED) is 0.591. The summed E-state index contributed by atoms with van der Waals surface area (Å²) >= 11 is 1.47. The topological polar surface area (TPSA) is 44.9 Å². The number of alkyl halides is 3. The molecule has 3 rings (SSSR count). The van der Waals surface area contributed by atoms with Gasteiger partial charge in [0.25, 0.3) is 0 Å². The molecule has 3 aromatic rings. The van der Waals surface area contributed by atoms with Gasteiger partial charge < -0.3 is 4.98 Å². The molecule has 1 aromatic carbocycles. The molecule has 10 heteroatoms. The molecule has 132 valence electrons. The summed E-state index contributed by atoms with van der Waals surface area (Å²) in [6, 6.07) is 3.75. The van der Waals surface area contributed by atoms with Crippen LogP contribution < -0.4 is 4.72 Å². The number of anilines is 1. The first kappa shape index (κ1) is 17.6. The van der Waals surface area contributed by atoms with Crippen molar-refractivity contribution in [3.63, 3.8) is 0 Å². The molecule has 0 amide bonds. The SMILES string of the molecule is O=S(Nc1cc(F)c(C(F)(F)F)cc1F)c1c[nH]c(-c2ccsc2)c1. The molecule has 0 spiro atoms. The van der Waals surface area contributed by atoms with E-state index in [9.17, 15) is 26.2 Å². The summed E-state index contributed by atoms with van der Waals surface area (Å²) < 4.78 is 79.3. The highest BCUT2D eigenvalue weighted by Crippen LogP contribution is 2.34. The second kappa shape index (κ2) is 6.60. The molecule has 0 aliphatic heterocycles. The minimum Gasteiger partial charge on any atom is -0.360 e. The summed E-state index contributed by atoms with van der Waals surface area (Å²) in [5, 5.41) is 3.71. The number of rotatable bonds is 4. The fourth-order valence-electron chi connectivity index (χ4n) is 2.07. The van der Waals surface area contributed by atoms with Crippen molar-refractivity contribution >= 4 is 28.0 Å². The van der Waals surface area contributed by atoms with Gasteiger partial charge in [-0.3, -0.25) is 4.72 Å². The van der Waals surface area contributed by atoms with Crippen LogP contribution in [0.5, 0.6) is 0 Å². The van der Waals surface area contributed by atoms with Gasteiger partial charge in [-0.25, -0.2) is 13.0 Å². The van der Waals surface area contributed by atoms with Crippen molar-refractivity contribution in [3.8, 4) is 11.3 Å². The normalized spacial score (nSPS) is 13.0. The number of nitrogens with one attached hydrogen (secondary N) is 2. The molecule has 25 heavy (non-hydrogen) atoms. The lowest BCUT2D eigenvalue weighted by Crippen LogP contribution is -2.11. The number of aromatic amines is 1. The van der Waals surface area contributed by atoms with Gasteiger partial charge in [0, 0.05) is 28.9 Å². The molecular weight excluding hydrogens is 383 g/mol. The largest absolute Gasteiger partial charge is 0.419 e. The van der Waals surface area contributed by atoms with E-state index >= 15 is 0 Å². The smallest absolute Gasteiger partial charge is 0.360 e. The van der Waals surface area contributed by atoms with Crippen molar-refractivity contribution in [1.82, 2.24) is 4.98 Å². The van der Waals surface area contributed by atoms with E-state index in [1.165, 1.54) is 17.5 Å². The van der Waals surface area contributed by atoms with Gasteiger partial charge in [0.1, 0.15) is 11.6 Å². The first-order valence-electron chi connectivity index (χ1n) is 6.71. The third kappa shape index (κ3) is 3.74. The number of thiophene rings is 1. The molecule has 0 aliphatic rings. The Morgan fingerprint density at radius 3 is 2.52 bits per heavy atom. The monoisotopic (exact) mass is 392 g/mol. The molecular formula is C15H9F5N2OS2. The number of hydrogen-bond acceptors (Lipinski definition) is 2. The minimum atomic E-state index is -5.02. The van der Waals surface area contributed by atoms with Gasteiger partial charge >= 0.3 is 6.18 Å². The van der Waals surface area contributed by atoms with Crippen LogP contribution in [0, 0.1) is 11.6 Å². The van der Waals surface area contributed by atoms with E-state index in [2.05, 4.69) is 9.71 Å². The maximum Gasteiger partial charge on any atom is 0.419 e. The van der Waals surface area contributed by atoms with E-state index in [1.807, 2.05) is 16.8 Å². The molecule has 2 aromatic heterocycles. The van der Waals surface area contributed by atoms with Gasteiger partial charge in [0.15, 0.2) is 11.0 Å². The van der Waals surface area contributed by atoms with Crippen LogP contribution in [-0.4, -0.2) is 9.19 Å². The van der Waals surface area contributed by atoms with Crippen LogP contribution in [0.4, 0.5) is 27.6 Å². The molecule has 2 heterocycles. The van der Waals surface area contributed by atoms with Crippen LogP contribution in [0.25, 0.3) is 11.3 Å². The molecule has 2 N–H and O–H groups in total. The van der Waals surface area contributed by atoms with Crippen LogP contribution in [0.2, 0.25) is 0 Å². The van der Waals surface area contributed by atoms with E-state index in [4.69, 9.17) is 0 Å². The highest BCUT2D eigenvalue weighted by Gasteiger charge is 2.35. The third-order valence-corrected chi connectivity index (χ3v) is 5.02. The van der Waals surface area contributed by atoms with Gasteiger partial charge in [-0.2, -0.15) is 24.5 Å². The maximum absolute atomic E-state index is 13.8. The van der Waals surface area contributed by atoms with Gasteiger partial charge in [0.2, 0.25) is 0 Å². The fraction of sp³-hybridized carbons (Fsp3) is 0.0667. The van der Waals surface area contributed by atoms with Crippen molar-refractivity contribution in [3.05, 3.63) is 58.4 Å². The predicted molar refractivity (Wildman–Crippen MR) is 85.5 cm³/mol. The first-order valence-corrected chi connectivity index (χ1v) is 8.80. The number of benzene rings is 1. The Labute approximate surface area is 145 Å². The number of halogens is 5. The summed E-state index contributed by atoms with van der Waals surface area (Å²) in [7, 11) is -1.99. The molecule has 0 bridgehead atoms. The predicted octanol–water partition coefficient (Wildman–Crippen LogP) is 5.17. The lowest BCUT2D eigenvalue weighted by Gasteiger charge is -2.11.